The van der Waals surface area contributed by atoms with Crippen LogP contribution in [0.2, 0.25) is 0 Å². The van der Waals surface area contributed by atoms with Crippen molar-refractivity contribution in [2.45, 2.75) is 38.8 Å². The van der Waals surface area contributed by atoms with Gasteiger partial charge in [-0.25, -0.2) is 0 Å². The Morgan fingerprint density at radius 3 is 3.00 bits per heavy atom. The van der Waals surface area contributed by atoms with Crippen LogP contribution in [-0.4, -0.2) is 53.9 Å². The molecule has 1 aliphatic rings. The van der Waals surface area contributed by atoms with Gasteiger partial charge in [-0.1, -0.05) is 5.16 Å². The number of hydrogen-bond donors (Lipinski definition) is 0. The van der Waals surface area contributed by atoms with Crippen molar-refractivity contribution in [3.8, 4) is 0 Å². The molecule has 0 N–H and O–H groups in total. The molecule has 0 bridgehead atoms. The number of rotatable bonds is 6. The molecule has 1 aliphatic heterocycles. The molecule has 0 radical (unpaired) electrons. The summed E-state index contributed by atoms with van der Waals surface area (Å²) in [5.74, 6) is 1.06. The summed E-state index contributed by atoms with van der Waals surface area (Å²) in [6.07, 6.45) is 1.31. The molecule has 1 amide bonds. The van der Waals surface area contributed by atoms with Gasteiger partial charge >= 0.3 is 0 Å². The lowest BCUT2D eigenvalue weighted by Crippen LogP contribution is -2.39. The average molecular weight is 283 g/mol. The van der Waals surface area contributed by atoms with E-state index < -0.39 is 6.10 Å². The first kappa shape index (κ1) is 14.9. The monoisotopic (exact) mass is 283 g/mol. The lowest BCUT2D eigenvalue weighted by molar-refractivity contribution is -0.144. The Morgan fingerprint density at radius 1 is 1.55 bits per heavy atom. The van der Waals surface area contributed by atoms with Crippen molar-refractivity contribution >= 4 is 5.91 Å². The minimum Gasteiger partial charge on any atom is -0.382 e. The fraction of sp³-hybridized carbons (Fsp3) is 0.769. The third kappa shape index (κ3) is 3.34. The number of nitrogens with zero attached hydrogens (tertiary/aromatic N) is 3. The van der Waals surface area contributed by atoms with Gasteiger partial charge in [-0.15, -0.1) is 0 Å². The van der Waals surface area contributed by atoms with Gasteiger partial charge in [0.25, 0.3) is 5.91 Å². The van der Waals surface area contributed by atoms with Crippen molar-refractivity contribution in [1.82, 2.24) is 15.0 Å². The summed E-state index contributed by atoms with van der Waals surface area (Å²) in [4.78, 5) is 18.4. The minimum absolute atomic E-state index is 0.0361. The summed E-state index contributed by atoms with van der Waals surface area (Å²) in [5, 5.41) is 3.92. The van der Waals surface area contributed by atoms with E-state index in [2.05, 4.69) is 10.1 Å². The van der Waals surface area contributed by atoms with E-state index in [1.165, 1.54) is 0 Å². The molecule has 2 atom stereocenters. The van der Waals surface area contributed by atoms with Crippen molar-refractivity contribution < 1.29 is 18.8 Å². The van der Waals surface area contributed by atoms with Crippen LogP contribution in [0.5, 0.6) is 0 Å². The van der Waals surface area contributed by atoms with Gasteiger partial charge in [-0.05, 0) is 19.8 Å². The van der Waals surface area contributed by atoms with E-state index in [9.17, 15) is 4.79 Å². The first-order valence-electron chi connectivity index (χ1n) is 6.84. The van der Waals surface area contributed by atoms with Crippen molar-refractivity contribution in [2.24, 2.45) is 0 Å². The molecule has 7 heteroatoms. The molecule has 2 heterocycles. The molecule has 2 rings (SSSR count). The molecule has 1 aromatic rings. The Hall–Kier alpha value is -1.47. The topological polar surface area (TPSA) is 77.7 Å². The normalized spacial score (nSPS) is 20.4. The molecule has 0 saturated carbocycles. The second-order valence-corrected chi connectivity index (χ2v) is 4.87. The molecule has 1 fully saturated rings. The predicted octanol–water partition coefficient (Wildman–Crippen LogP) is 1.09. The summed E-state index contributed by atoms with van der Waals surface area (Å²) < 4.78 is 15.4. The largest absolute Gasteiger partial charge is 0.382 e. The van der Waals surface area contributed by atoms with Crippen LogP contribution in [0.1, 0.15) is 37.5 Å². The number of methoxy groups -OCH3 is 1. The van der Waals surface area contributed by atoms with Gasteiger partial charge in [-0.3, -0.25) is 4.79 Å². The molecule has 0 unspecified atom stereocenters. The summed E-state index contributed by atoms with van der Waals surface area (Å²) in [7, 11) is 1.60. The van der Waals surface area contributed by atoms with E-state index in [1.54, 1.807) is 25.9 Å². The van der Waals surface area contributed by atoms with Gasteiger partial charge in [0.1, 0.15) is 6.10 Å². The highest BCUT2D eigenvalue weighted by Gasteiger charge is 2.35. The number of likely N-dealkylation sites (tertiary alicyclic amines) is 1. The van der Waals surface area contributed by atoms with Crippen molar-refractivity contribution in [3.05, 3.63) is 11.7 Å². The number of aromatic nitrogens is 2. The minimum atomic E-state index is -0.487. The van der Waals surface area contributed by atoms with Gasteiger partial charge in [0, 0.05) is 20.6 Å². The Kier molecular flexibility index (Phi) is 5.08. The fourth-order valence-corrected chi connectivity index (χ4v) is 2.36. The standard InChI is InChI=1S/C13H21N3O4/c1-9(19-8-7-18-3)13(17)16-6-4-5-11(16)12-14-10(2)20-15-12/h9,11H,4-8H2,1-3H3/t9-,11-/m1/s1. The van der Waals surface area contributed by atoms with Crippen LogP contribution < -0.4 is 0 Å². The maximum absolute atomic E-state index is 12.4. The number of carbonyl (C=O) groups excluding carboxylic acids is 1. The molecule has 0 aromatic carbocycles. The SMILES string of the molecule is COCCO[C@H](C)C(=O)N1CCC[C@@H]1c1noc(C)n1. The highest BCUT2D eigenvalue weighted by atomic mass is 16.5. The zero-order valence-electron chi connectivity index (χ0n) is 12.2. The molecule has 0 aliphatic carbocycles. The molecule has 1 aromatic heterocycles. The lowest BCUT2D eigenvalue weighted by atomic mass is 10.2. The summed E-state index contributed by atoms with van der Waals surface area (Å²) in [5.41, 5.74) is 0. The third-order valence-corrected chi connectivity index (χ3v) is 3.38. The van der Waals surface area contributed by atoms with Crippen LogP contribution in [0.3, 0.4) is 0 Å². The van der Waals surface area contributed by atoms with Gasteiger partial charge in [0.05, 0.1) is 19.3 Å². The highest BCUT2D eigenvalue weighted by molar-refractivity contribution is 5.81. The Bertz CT molecular complexity index is 449. The van der Waals surface area contributed by atoms with Crippen LogP contribution in [0.25, 0.3) is 0 Å². The lowest BCUT2D eigenvalue weighted by Gasteiger charge is -2.25. The van der Waals surface area contributed by atoms with Crippen molar-refractivity contribution in [2.75, 3.05) is 26.9 Å². The summed E-state index contributed by atoms with van der Waals surface area (Å²) in [6, 6.07) is -0.103. The predicted molar refractivity (Wildman–Crippen MR) is 70.0 cm³/mol. The van der Waals surface area contributed by atoms with Gasteiger partial charge < -0.3 is 18.9 Å². The van der Waals surface area contributed by atoms with E-state index in [4.69, 9.17) is 14.0 Å². The average Bonchev–Trinajstić information content (AvgIpc) is 3.06. The maximum Gasteiger partial charge on any atom is 0.252 e. The van der Waals surface area contributed by atoms with E-state index >= 15 is 0 Å². The van der Waals surface area contributed by atoms with Crippen LogP contribution in [-0.2, 0) is 14.3 Å². The highest BCUT2D eigenvalue weighted by Crippen LogP contribution is 2.30. The molecule has 112 valence electrons. The third-order valence-electron chi connectivity index (χ3n) is 3.38. The number of ether oxygens (including phenoxy) is 2. The second kappa shape index (κ2) is 6.81. The molecule has 20 heavy (non-hydrogen) atoms. The molecule has 7 nitrogen and oxygen atoms in total. The molecule has 0 spiro atoms. The summed E-state index contributed by atoms with van der Waals surface area (Å²) >= 11 is 0. The fourth-order valence-electron chi connectivity index (χ4n) is 2.36. The Morgan fingerprint density at radius 2 is 2.35 bits per heavy atom. The van der Waals surface area contributed by atoms with Crippen LogP contribution in [0.4, 0.5) is 0 Å². The Labute approximate surface area is 118 Å². The van der Waals surface area contributed by atoms with Crippen molar-refractivity contribution in [3.63, 3.8) is 0 Å². The molecular formula is C13H21N3O4. The second-order valence-electron chi connectivity index (χ2n) is 4.87. The first-order chi connectivity index (χ1) is 9.63. The smallest absolute Gasteiger partial charge is 0.252 e. The summed E-state index contributed by atoms with van der Waals surface area (Å²) in [6.45, 7) is 5.09. The van der Waals surface area contributed by atoms with E-state index in [0.717, 1.165) is 12.8 Å². The van der Waals surface area contributed by atoms with Crippen molar-refractivity contribution in [1.29, 1.82) is 0 Å². The number of hydrogen-bond acceptors (Lipinski definition) is 6. The van der Waals surface area contributed by atoms with E-state index in [-0.39, 0.29) is 11.9 Å². The van der Waals surface area contributed by atoms with E-state index in [0.29, 0.717) is 31.5 Å². The van der Waals surface area contributed by atoms with Crippen LogP contribution >= 0.6 is 0 Å². The number of amides is 1. The van der Waals surface area contributed by atoms with Crippen LogP contribution in [0, 0.1) is 6.92 Å². The molecule has 1 saturated heterocycles. The first-order valence-corrected chi connectivity index (χ1v) is 6.84. The quantitative estimate of drug-likeness (QED) is 0.727. The number of carbonyl (C=O) groups is 1. The maximum atomic E-state index is 12.4. The zero-order chi connectivity index (χ0) is 14.5. The molecular weight excluding hydrogens is 262 g/mol. The van der Waals surface area contributed by atoms with Crippen LogP contribution in [0.15, 0.2) is 4.52 Å². The zero-order valence-corrected chi connectivity index (χ0v) is 12.2. The van der Waals surface area contributed by atoms with E-state index in [1.807, 2.05) is 0 Å². The van der Waals surface area contributed by atoms with Gasteiger partial charge in [0.2, 0.25) is 5.89 Å². The van der Waals surface area contributed by atoms with Gasteiger partial charge in [0.15, 0.2) is 5.82 Å². The number of aryl methyl sites for hydroxylation is 1. The van der Waals surface area contributed by atoms with Gasteiger partial charge in [-0.2, -0.15) is 4.98 Å². The Balaban J connectivity index is 1.97.